The standard InChI is InChI=1S/C14H21N3O/c1-14(2,18-4)8-13-16-11-7-10(9-15)5-6-12(11)17(13)3/h5-7H,8-9,15H2,1-4H3. The van der Waals surface area contributed by atoms with E-state index in [-0.39, 0.29) is 5.60 Å². The van der Waals surface area contributed by atoms with Crippen molar-refractivity contribution < 1.29 is 4.74 Å². The van der Waals surface area contributed by atoms with E-state index in [1.807, 2.05) is 7.05 Å². The molecule has 0 saturated heterocycles. The number of aromatic nitrogens is 2. The predicted molar refractivity (Wildman–Crippen MR) is 73.4 cm³/mol. The summed E-state index contributed by atoms with van der Waals surface area (Å²) in [5.41, 5.74) is 8.70. The Morgan fingerprint density at radius 1 is 1.39 bits per heavy atom. The molecule has 0 aliphatic rings. The Kier molecular flexibility index (Phi) is 3.41. The van der Waals surface area contributed by atoms with E-state index in [1.54, 1.807) is 7.11 Å². The molecular weight excluding hydrogens is 226 g/mol. The molecule has 0 aliphatic carbocycles. The van der Waals surface area contributed by atoms with Crippen molar-refractivity contribution in [1.29, 1.82) is 0 Å². The Morgan fingerprint density at radius 2 is 2.11 bits per heavy atom. The summed E-state index contributed by atoms with van der Waals surface area (Å²) in [4.78, 5) is 4.68. The Morgan fingerprint density at radius 3 is 2.72 bits per heavy atom. The summed E-state index contributed by atoms with van der Waals surface area (Å²) >= 11 is 0. The lowest BCUT2D eigenvalue weighted by Gasteiger charge is -2.22. The highest BCUT2D eigenvalue weighted by molar-refractivity contribution is 5.76. The number of nitrogens with zero attached hydrogens (tertiary/aromatic N) is 2. The molecule has 1 heterocycles. The number of hydrogen-bond acceptors (Lipinski definition) is 3. The number of rotatable bonds is 4. The average molecular weight is 247 g/mol. The van der Waals surface area contributed by atoms with Gasteiger partial charge in [-0.2, -0.15) is 0 Å². The fraction of sp³-hybridized carbons (Fsp3) is 0.500. The third-order valence-electron chi connectivity index (χ3n) is 3.41. The molecule has 1 aromatic heterocycles. The third-order valence-corrected chi connectivity index (χ3v) is 3.41. The van der Waals surface area contributed by atoms with Gasteiger partial charge in [0.15, 0.2) is 0 Å². The first-order valence-electron chi connectivity index (χ1n) is 6.16. The summed E-state index contributed by atoms with van der Waals surface area (Å²) in [5, 5.41) is 0. The van der Waals surface area contributed by atoms with Gasteiger partial charge < -0.3 is 15.0 Å². The van der Waals surface area contributed by atoms with E-state index < -0.39 is 0 Å². The normalized spacial score (nSPS) is 12.3. The van der Waals surface area contributed by atoms with Crippen molar-refractivity contribution in [3.05, 3.63) is 29.6 Å². The predicted octanol–water partition coefficient (Wildman–Crippen LogP) is 2.00. The van der Waals surface area contributed by atoms with Crippen molar-refractivity contribution in [2.24, 2.45) is 12.8 Å². The largest absolute Gasteiger partial charge is 0.378 e. The van der Waals surface area contributed by atoms with Crippen LogP contribution >= 0.6 is 0 Å². The second-order valence-corrected chi connectivity index (χ2v) is 5.25. The van der Waals surface area contributed by atoms with Crippen LogP contribution in [0.4, 0.5) is 0 Å². The van der Waals surface area contributed by atoms with Gasteiger partial charge in [0.2, 0.25) is 0 Å². The lowest BCUT2D eigenvalue weighted by atomic mass is 10.1. The molecule has 0 spiro atoms. The smallest absolute Gasteiger partial charge is 0.112 e. The highest BCUT2D eigenvalue weighted by Crippen LogP contribution is 2.21. The van der Waals surface area contributed by atoms with Gasteiger partial charge in [-0.1, -0.05) is 6.07 Å². The van der Waals surface area contributed by atoms with Crippen LogP contribution in [-0.4, -0.2) is 22.3 Å². The lowest BCUT2D eigenvalue weighted by molar-refractivity contribution is 0.0211. The zero-order chi connectivity index (χ0) is 13.3. The van der Waals surface area contributed by atoms with E-state index >= 15 is 0 Å². The molecule has 2 N–H and O–H groups in total. The first-order chi connectivity index (χ1) is 8.46. The minimum absolute atomic E-state index is 0.203. The van der Waals surface area contributed by atoms with Gasteiger partial charge in [-0.05, 0) is 31.5 Å². The molecule has 2 aromatic rings. The molecule has 0 unspecified atom stereocenters. The number of methoxy groups -OCH3 is 1. The Bertz CT molecular complexity index is 557. The summed E-state index contributed by atoms with van der Waals surface area (Å²) in [7, 11) is 3.77. The van der Waals surface area contributed by atoms with Crippen molar-refractivity contribution in [3.63, 3.8) is 0 Å². The van der Waals surface area contributed by atoms with Crippen molar-refractivity contribution in [3.8, 4) is 0 Å². The Balaban J connectivity index is 2.44. The van der Waals surface area contributed by atoms with Gasteiger partial charge in [0.25, 0.3) is 0 Å². The first-order valence-corrected chi connectivity index (χ1v) is 6.16. The van der Waals surface area contributed by atoms with Crippen LogP contribution < -0.4 is 5.73 Å². The summed E-state index contributed by atoms with van der Waals surface area (Å²) in [6.45, 7) is 4.68. The van der Waals surface area contributed by atoms with Crippen molar-refractivity contribution in [2.45, 2.75) is 32.4 Å². The van der Waals surface area contributed by atoms with Crippen LogP contribution in [0.25, 0.3) is 11.0 Å². The number of hydrogen-bond donors (Lipinski definition) is 1. The first kappa shape index (κ1) is 13.1. The van der Waals surface area contributed by atoms with Crippen LogP contribution in [0.2, 0.25) is 0 Å². The molecular formula is C14H21N3O. The molecule has 98 valence electrons. The minimum Gasteiger partial charge on any atom is -0.378 e. The molecule has 4 heteroatoms. The van der Waals surface area contributed by atoms with Crippen LogP contribution in [0.5, 0.6) is 0 Å². The number of fused-ring (bicyclic) bond motifs is 1. The second-order valence-electron chi connectivity index (χ2n) is 5.25. The maximum absolute atomic E-state index is 5.65. The van der Waals surface area contributed by atoms with E-state index in [2.05, 4.69) is 41.6 Å². The maximum Gasteiger partial charge on any atom is 0.112 e. The molecule has 0 fully saturated rings. The minimum atomic E-state index is -0.203. The van der Waals surface area contributed by atoms with Gasteiger partial charge in [-0.3, -0.25) is 0 Å². The fourth-order valence-electron chi connectivity index (χ4n) is 2.03. The van der Waals surface area contributed by atoms with Crippen molar-refractivity contribution in [2.75, 3.05) is 7.11 Å². The highest BCUT2D eigenvalue weighted by atomic mass is 16.5. The van der Waals surface area contributed by atoms with Gasteiger partial charge in [0, 0.05) is 27.1 Å². The lowest BCUT2D eigenvalue weighted by Crippen LogP contribution is -2.27. The molecule has 0 atom stereocenters. The Hall–Kier alpha value is -1.39. The van der Waals surface area contributed by atoms with E-state index in [1.165, 1.54) is 0 Å². The van der Waals surface area contributed by atoms with E-state index in [4.69, 9.17) is 10.5 Å². The van der Waals surface area contributed by atoms with Gasteiger partial charge in [0.1, 0.15) is 5.82 Å². The monoisotopic (exact) mass is 247 g/mol. The summed E-state index contributed by atoms with van der Waals surface area (Å²) < 4.78 is 7.59. The molecule has 18 heavy (non-hydrogen) atoms. The molecule has 0 saturated carbocycles. The summed E-state index contributed by atoms with van der Waals surface area (Å²) in [6, 6.07) is 6.18. The summed E-state index contributed by atoms with van der Waals surface area (Å²) in [6.07, 6.45) is 0.784. The number of aryl methyl sites for hydroxylation is 1. The maximum atomic E-state index is 5.65. The van der Waals surface area contributed by atoms with E-state index in [0.29, 0.717) is 6.54 Å². The fourth-order valence-corrected chi connectivity index (χ4v) is 2.03. The molecule has 2 rings (SSSR count). The average Bonchev–Trinajstić information content (AvgIpc) is 2.65. The Labute approximate surface area is 108 Å². The third kappa shape index (κ3) is 2.40. The van der Waals surface area contributed by atoms with E-state index in [0.717, 1.165) is 28.8 Å². The van der Waals surface area contributed by atoms with Crippen LogP contribution in [0.15, 0.2) is 18.2 Å². The molecule has 4 nitrogen and oxygen atoms in total. The number of nitrogens with two attached hydrogens (primary N) is 1. The topological polar surface area (TPSA) is 53.1 Å². The van der Waals surface area contributed by atoms with E-state index in [9.17, 15) is 0 Å². The number of imidazole rings is 1. The quantitative estimate of drug-likeness (QED) is 0.899. The zero-order valence-electron chi connectivity index (χ0n) is 11.5. The highest BCUT2D eigenvalue weighted by Gasteiger charge is 2.21. The van der Waals surface area contributed by atoms with Crippen LogP contribution in [0.1, 0.15) is 25.2 Å². The van der Waals surface area contributed by atoms with Crippen LogP contribution in [0, 0.1) is 0 Å². The number of ether oxygens (including phenoxy) is 1. The van der Waals surface area contributed by atoms with Crippen LogP contribution in [-0.2, 0) is 24.8 Å². The number of benzene rings is 1. The van der Waals surface area contributed by atoms with Gasteiger partial charge in [-0.15, -0.1) is 0 Å². The molecule has 0 radical (unpaired) electrons. The van der Waals surface area contributed by atoms with Gasteiger partial charge in [0.05, 0.1) is 16.6 Å². The SMILES string of the molecule is COC(C)(C)Cc1nc2cc(CN)ccc2n1C. The molecule has 1 aromatic carbocycles. The van der Waals surface area contributed by atoms with Gasteiger partial charge in [-0.25, -0.2) is 4.98 Å². The zero-order valence-corrected chi connectivity index (χ0v) is 11.5. The summed E-state index contributed by atoms with van der Waals surface area (Å²) in [5.74, 6) is 1.03. The molecule has 0 aliphatic heterocycles. The second kappa shape index (κ2) is 4.71. The van der Waals surface area contributed by atoms with Crippen molar-refractivity contribution in [1.82, 2.24) is 9.55 Å². The molecule has 0 amide bonds. The van der Waals surface area contributed by atoms with Crippen molar-refractivity contribution >= 4 is 11.0 Å². The van der Waals surface area contributed by atoms with Crippen LogP contribution in [0.3, 0.4) is 0 Å². The molecule has 0 bridgehead atoms. The van der Waals surface area contributed by atoms with Gasteiger partial charge >= 0.3 is 0 Å².